The van der Waals surface area contributed by atoms with Crippen molar-refractivity contribution in [1.82, 2.24) is 5.32 Å². The Kier molecular flexibility index (Phi) is 9.19. The molecule has 1 heterocycles. The number of aryl methyl sites for hydroxylation is 2. The molecule has 0 aromatic heterocycles. The maximum absolute atomic E-state index is 12.9. The molecule has 2 aromatic carbocycles. The van der Waals surface area contributed by atoms with Crippen molar-refractivity contribution in [3.05, 3.63) is 71.0 Å². The van der Waals surface area contributed by atoms with Gasteiger partial charge in [-0.25, -0.2) is 13.2 Å². The maximum atomic E-state index is 12.9. The molecule has 1 amide bonds. The Morgan fingerprint density at radius 1 is 0.931 bits per heavy atom. The largest absolute Gasteiger partial charge is 0.396 e. The van der Waals surface area contributed by atoms with Crippen molar-refractivity contribution >= 4 is 5.91 Å². The molecule has 4 rings (SSSR count). The van der Waals surface area contributed by atoms with E-state index >= 15 is 0 Å². The summed E-state index contributed by atoms with van der Waals surface area (Å²) in [5.41, 5.74) is 1.70. The van der Waals surface area contributed by atoms with Crippen LogP contribution in [0.4, 0.5) is 13.2 Å². The van der Waals surface area contributed by atoms with Gasteiger partial charge in [-0.2, -0.15) is 0 Å². The Bertz CT molecular complexity index is 776. The molecule has 29 heavy (non-hydrogen) atoms. The molecule has 0 bridgehead atoms. The second kappa shape index (κ2) is 11.6. The van der Waals surface area contributed by atoms with Gasteiger partial charge in [-0.15, -0.1) is 0 Å². The van der Waals surface area contributed by atoms with Gasteiger partial charge in [0.15, 0.2) is 11.6 Å². The van der Waals surface area contributed by atoms with E-state index in [1.165, 1.54) is 31.0 Å². The first kappa shape index (κ1) is 22.9. The molecule has 1 saturated heterocycles. The topological polar surface area (TPSA) is 49.3 Å². The Hall–Kier alpha value is -2.34. The third-order valence-electron chi connectivity index (χ3n) is 4.77. The summed E-state index contributed by atoms with van der Waals surface area (Å²) >= 11 is 0. The van der Waals surface area contributed by atoms with Crippen LogP contribution in [0.25, 0.3) is 0 Å². The smallest absolute Gasteiger partial charge is 0.220 e. The molecule has 158 valence electrons. The Labute approximate surface area is 170 Å². The van der Waals surface area contributed by atoms with Crippen LogP contribution < -0.4 is 5.32 Å². The predicted molar refractivity (Wildman–Crippen MR) is 107 cm³/mol. The van der Waals surface area contributed by atoms with Gasteiger partial charge in [0.25, 0.3) is 0 Å². The second-order valence-corrected chi connectivity index (χ2v) is 7.51. The van der Waals surface area contributed by atoms with Crippen molar-refractivity contribution in [2.75, 3.05) is 6.61 Å². The number of halogens is 3. The van der Waals surface area contributed by atoms with Crippen molar-refractivity contribution in [1.29, 1.82) is 0 Å². The molecule has 1 unspecified atom stereocenters. The van der Waals surface area contributed by atoms with Gasteiger partial charge in [0.2, 0.25) is 5.91 Å². The van der Waals surface area contributed by atoms with Gasteiger partial charge < -0.3 is 10.4 Å². The molecule has 0 spiro atoms. The van der Waals surface area contributed by atoms with E-state index in [0.717, 1.165) is 30.0 Å². The van der Waals surface area contributed by atoms with Gasteiger partial charge in [-0.1, -0.05) is 18.2 Å². The van der Waals surface area contributed by atoms with Crippen molar-refractivity contribution in [2.24, 2.45) is 5.92 Å². The summed E-state index contributed by atoms with van der Waals surface area (Å²) in [5.74, 6) is -1.05. The van der Waals surface area contributed by atoms with E-state index in [2.05, 4.69) is 5.32 Å². The molecule has 2 N–H and O–H groups in total. The highest BCUT2D eigenvalue weighted by molar-refractivity contribution is 5.78. The number of nitrogens with one attached hydrogen (secondary N) is 1. The summed E-state index contributed by atoms with van der Waals surface area (Å²) in [6, 6.07) is 10.5. The zero-order valence-electron chi connectivity index (χ0n) is 16.6. The highest BCUT2D eigenvalue weighted by Crippen LogP contribution is 2.27. The fraction of sp³-hybridized carbons (Fsp3) is 0.435. The average molecular weight is 407 g/mol. The highest BCUT2D eigenvalue weighted by Gasteiger charge is 2.18. The molecule has 1 atom stereocenters. The van der Waals surface area contributed by atoms with Gasteiger partial charge in [-0.05, 0) is 80.3 Å². The van der Waals surface area contributed by atoms with Crippen LogP contribution in [0.1, 0.15) is 43.7 Å². The van der Waals surface area contributed by atoms with Gasteiger partial charge in [0.05, 0.1) is 0 Å². The van der Waals surface area contributed by atoms with E-state index in [1.807, 2.05) is 6.92 Å². The van der Waals surface area contributed by atoms with Crippen LogP contribution in [0.2, 0.25) is 0 Å². The Morgan fingerprint density at radius 2 is 1.55 bits per heavy atom. The first-order chi connectivity index (χ1) is 13.9. The molecule has 6 heteroatoms. The quantitative estimate of drug-likeness (QED) is 0.781. The number of amides is 1. The fourth-order valence-corrected chi connectivity index (χ4v) is 2.70. The third kappa shape index (κ3) is 9.13. The summed E-state index contributed by atoms with van der Waals surface area (Å²) in [7, 11) is 0. The summed E-state index contributed by atoms with van der Waals surface area (Å²) in [6.45, 7) is 2.44. The van der Waals surface area contributed by atoms with Crippen LogP contribution in [0.3, 0.4) is 0 Å². The van der Waals surface area contributed by atoms with E-state index in [0.29, 0.717) is 31.4 Å². The van der Waals surface area contributed by atoms with E-state index in [1.54, 1.807) is 18.2 Å². The molecular weight excluding hydrogens is 379 g/mol. The molecule has 1 aliphatic carbocycles. The van der Waals surface area contributed by atoms with E-state index < -0.39 is 11.6 Å². The Morgan fingerprint density at radius 3 is 1.97 bits per heavy atom. The molecule has 3 nitrogen and oxygen atoms in total. The summed E-state index contributed by atoms with van der Waals surface area (Å²) in [5, 5.41) is 11.0. The zero-order chi connectivity index (χ0) is 21.2. The molecule has 1 aliphatic heterocycles. The van der Waals surface area contributed by atoms with Gasteiger partial charge in [0, 0.05) is 19.1 Å². The average Bonchev–Trinajstić information content (AvgIpc) is 3.47. The SMILES string of the molecule is CC1CCC(=O)N1.Fc1ccc(CCc2ccc(F)c(F)c2)cc1.OCC1CC1. The third-order valence-corrected chi connectivity index (χ3v) is 4.77. The monoisotopic (exact) mass is 407 g/mol. The second-order valence-electron chi connectivity index (χ2n) is 7.51. The number of benzene rings is 2. The van der Waals surface area contributed by atoms with Crippen molar-refractivity contribution in [3.63, 3.8) is 0 Å². The standard InChI is InChI=1S/C14H11F3.C5H9NO.C4H8O/c15-12-6-3-10(4-7-12)1-2-11-5-8-13(16)14(17)9-11;1-4-2-3-5(7)6-4;5-3-4-1-2-4/h3-9H,1-2H2;4H,2-3H2,1H3,(H,6,7);4-5H,1-3H2. The Balaban J connectivity index is 0.000000203. The minimum atomic E-state index is -0.837. The molecule has 2 fully saturated rings. The number of hydrogen-bond donors (Lipinski definition) is 2. The lowest BCUT2D eigenvalue weighted by atomic mass is 10.0. The lowest BCUT2D eigenvalue weighted by Gasteiger charge is -2.03. The normalized spacial score (nSPS) is 17.6. The van der Waals surface area contributed by atoms with E-state index in [9.17, 15) is 18.0 Å². The van der Waals surface area contributed by atoms with Crippen molar-refractivity contribution in [2.45, 2.75) is 51.5 Å². The molecule has 0 radical (unpaired) electrons. The van der Waals surface area contributed by atoms with Crippen LogP contribution in [-0.2, 0) is 17.6 Å². The van der Waals surface area contributed by atoms with Gasteiger partial charge >= 0.3 is 0 Å². The van der Waals surface area contributed by atoms with Crippen LogP contribution in [0.15, 0.2) is 42.5 Å². The summed E-state index contributed by atoms with van der Waals surface area (Å²) in [4.78, 5) is 10.3. The van der Waals surface area contributed by atoms with Crippen LogP contribution in [-0.4, -0.2) is 23.7 Å². The molecule has 2 aromatic rings. The molecular formula is C23H28F3NO2. The van der Waals surface area contributed by atoms with Crippen LogP contribution >= 0.6 is 0 Å². The van der Waals surface area contributed by atoms with E-state index in [4.69, 9.17) is 5.11 Å². The van der Waals surface area contributed by atoms with Crippen LogP contribution in [0, 0.1) is 23.4 Å². The fourth-order valence-electron chi connectivity index (χ4n) is 2.70. The lowest BCUT2D eigenvalue weighted by Crippen LogP contribution is -2.21. The highest BCUT2D eigenvalue weighted by atomic mass is 19.2. The molecule has 1 saturated carbocycles. The number of aliphatic hydroxyl groups excluding tert-OH is 1. The minimum Gasteiger partial charge on any atom is -0.396 e. The van der Waals surface area contributed by atoms with E-state index in [-0.39, 0.29) is 11.7 Å². The number of carbonyl (C=O) groups is 1. The number of carbonyl (C=O) groups excluding carboxylic acids is 1. The minimum absolute atomic E-state index is 0.201. The summed E-state index contributed by atoms with van der Waals surface area (Å²) < 4.78 is 38.3. The van der Waals surface area contributed by atoms with Crippen LogP contribution in [0.5, 0.6) is 0 Å². The lowest BCUT2D eigenvalue weighted by molar-refractivity contribution is -0.119. The number of hydrogen-bond acceptors (Lipinski definition) is 2. The van der Waals surface area contributed by atoms with Gasteiger partial charge in [0.1, 0.15) is 5.82 Å². The maximum Gasteiger partial charge on any atom is 0.220 e. The molecule has 2 aliphatic rings. The number of rotatable bonds is 4. The van der Waals surface area contributed by atoms with Crippen molar-refractivity contribution in [3.8, 4) is 0 Å². The zero-order valence-corrected chi connectivity index (χ0v) is 16.6. The number of aliphatic hydroxyl groups is 1. The summed E-state index contributed by atoms with van der Waals surface area (Å²) in [6.07, 6.45) is 5.53. The van der Waals surface area contributed by atoms with Gasteiger partial charge in [-0.3, -0.25) is 4.79 Å². The first-order valence-corrected chi connectivity index (χ1v) is 9.96. The first-order valence-electron chi connectivity index (χ1n) is 9.96. The van der Waals surface area contributed by atoms with Crippen molar-refractivity contribution < 1.29 is 23.1 Å². The predicted octanol–water partition coefficient (Wildman–Crippen LogP) is 4.56.